The Hall–Kier alpha value is -2.02. The minimum atomic E-state index is 0.579. The maximum atomic E-state index is 4.64. The molecule has 4 nitrogen and oxygen atoms in total. The van der Waals surface area contributed by atoms with Gasteiger partial charge in [0.15, 0.2) is 0 Å². The Morgan fingerprint density at radius 2 is 2.11 bits per heavy atom. The topological polar surface area (TPSA) is 41.1 Å². The third kappa shape index (κ3) is 3.12. The number of thiophene rings is 1. The molecule has 1 aliphatic heterocycles. The summed E-state index contributed by atoms with van der Waals surface area (Å²) in [5.74, 6) is 0.599. The molecule has 1 saturated heterocycles. The molecule has 3 aromatic heterocycles. The second kappa shape index (κ2) is 6.86. The number of aromatic nitrogens is 2. The first-order chi connectivity index (χ1) is 13.2. The highest BCUT2D eigenvalue weighted by atomic mass is 32.1. The summed E-state index contributed by atoms with van der Waals surface area (Å²) in [6.07, 6.45) is 4.44. The first-order valence-corrected chi connectivity index (χ1v) is 11.1. The summed E-state index contributed by atoms with van der Waals surface area (Å²) in [5, 5.41) is 4.80. The predicted octanol–water partition coefficient (Wildman–Crippen LogP) is 5.85. The van der Waals surface area contributed by atoms with E-state index in [9.17, 15) is 0 Å². The molecule has 0 aliphatic carbocycles. The molecule has 4 aromatic rings. The smallest absolute Gasteiger partial charge is 0.125 e. The van der Waals surface area contributed by atoms with Crippen LogP contribution in [0, 0.1) is 0 Å². The van der Waals surface area contributed by atoms with Crippen LogP contribution in [0.1, 0.15) is 30.6 Å². The van der Waals surface area contributed by atoms with Gasteiger partial charge in [0.1, 0.15) is 4.83 Å². The number of benzene rings is 1. The van der Waals surface area contributed by atoms with Crippen LogP contribution >= 0.6 is 22.7 Å². The van der Waals surface area contributed by atoms with Gasteiger partial charge in [0, 0.05) is 34.1 Å². The second-order valence-corrected chi connectivity index (χ2v) is 9.30. The number of anilines is 2. The molecule has 1 fully saturated rings. The van der Waals surface area contributed by atoms with Crippen molar-refractivity contribution in [1.82, 2.24) is 14.9 Å². The lowest BCUT2D eigenvalue weighted by Gasteiger charge is -2.36. The summed E-state index contributed by atoms with van der Waals surface area (Å²) in [6.45, 7) is 3.55. The molecule has 27 heavy (non-hydrogen) atoms. The van der Waals surface area contributed by atoms with E-state index in [1.54, 1.807) is 11.3 Å². The molecule has 0 radical (unpaired) electrons. The largest absolute Gasteiger partial charge is 0.355 e. The Kier molecular flexibility index (Phi) is 4.34. The van der Waals surface area contributed by atoms with Gasteiger partial charge < -0.3 is 10.2 Å². The zero-order valence-corrected chi connectivity index (χ0v) is 17.1. The summed E-state index contributed by atoms with van der Waals surface area (Å²) in [6, 6.07) is 11.4. The van der Waals surface area contributed by atoms with Crippen LogP contribution in [-0.4, -0.2) is 34.5 Å². The van der Waals surface area contributed by atoms with Gasteiger partial charge in [0.05, 0.1) is 21.4 Å². The third-order valence-corrected chi connectivity index (χ3v) is 7.72. The zero-order chi connectivity index (χ0) is 18.4. The van der Waals surface area contributed by atoms with Gasteiger partial charge in [-0.15, -0.1) is 22.7 Å². The number of hydrogen-bond acceptors (Lipinski definition) is 6. The van der Waals surface area contributed by atoms with Crippen molar-refractivity contribution in [3.05, 3.63) is 46.9 Å². The predicted molar refractivity (Wildman–Crippen MR) is 117 cm³/mol. The van der Waals surface area contributed by atoms with Crippen molar-refractivity contribution in [1.29, 1.82) is 0 Å². The standard InChI is InChI=1S/C21H22N4S2/c1-13-15(4-3-9-25(13)2)20-11-16-17(7-8-22-21(16)27-20)24-14-5-6-19-18(10-14)23-12-26-19/h5-8,10-13,15H,3-4,9H2,1-2H3,(H,22,24)/t13-,15+/m1/s1. The molecule has 0 saturated carbocycles. The number of nitrogens with one attached hydrogen (secondary N) is 1. The van der Waals surface area contributed by atoms with E-state index in [1.807, 2.05) is 23.0 Å². The van der Waals surface area contributed by atoms with Crippen LogP contribution in [-0.2, 0) is 0 Å². The van der Waals surface area contributed by atoms with Crippen LogP contribution in [0.2, 0.25) is 0 Å². The molecule has 0 spiro atoms. The molecule has 0 amide bonds. The number of thiazole rings is 1. The molecule has 1 N–H and O–H groups in total. The average Bonchev–Trinajstić information content (AvgIpc) is 3.30. The molecule has 5 rings (SSSR count). The lowest BCUT2D eigenvalue weighted by molar-refractivity contribution is 0.176. The Morgan fingerprint density at radius 1 is 1.19 bits per heavy atom. The average molecular weight is 395 g/mol. The van der Waals surface area contributed by atoms with E-state index in [0.29, 0.717) is 12.0 Å². The SMILES string of the molecule is C[C@@H]1[C@@H](c2cc3c(Nc4ccc5scnc5c4)ccnc3s2)CCCN1C. The van der Waals surface area contributed by atoms with Gasteiger partial charge in [-0.2, -0.15) is 0 Å². The maximum Gasteiger partial charge on any atom is 0.125 e. The van der Waals surface area contributed by atoms with E-state index in [4.69, 9.17) is 0 Å². The fourth-order valence-electron chi connectivity index (χ4n) is 4.03. The molecule has 0 bridgehead atoms. The number of hydrogen-bond donors (Lipinski definition) is 1. The highest BCUT2D eigenvalue weighted by Crippen LogP contribution is 2.40. The van der Waals surface area contributed by atoms with Gasteiger partial charge >= 0.3 is 0 Å². The minimum absolute atomic E-state index is 0.579. The first kappa shape index (κ1) is 17.1. The van der Waals surface area contributed by atoms with Crippen molar-refractivity contribution in [3.63, 3.8) is 0 Å². The Bertz CT molecular complexity index is 1100. The van der Waals surface area contributed by atoms with Gasteiger partial charge in [-0.3, -0.25) is 0 Å². The molecular weight excluding hydrogens is 372 g/mol. The Morgan fingerprint density at radius 3 is 3.04 bits per heavy atom. The van der Waals surface area contributed by atoms with Crippen LogP contribution in [0.5, 0.6) is 0 Å². The monoisotopic (exact) mass is 394 g/mol. The van der Waals surface area contributed by atoms with E-state index in [-0.39, 0.29) is 0 Å². The Labute approximate surface area is 166 Å². The van der Waals surface area contributed by atoms with E-state index in [0.717, 1.165) is 21.7 Å². The quantitative estimate of drug-likeness (QED) is 0.473. The van der Waals surface area contributed by atoms with E-state index < -0.39 is 0 Å². The number of piperidine rings is 1. The summed E-state index contributed by atoms with van der Waals surface area (Å²) in [5.41, 5.74) is 5.13. The molecule has 1 aromatic carbocycles. The molecule has 0 unspecified atom stereocenters. The lowest BCUT2D eigenvalue weighted by atomic mass is 9.89. The van der Waals surface area contributed by atoms with Gasteiger partial charge in [0.2, 0.25) is 0 Å². The highest BCUT2D eigenvalue weighted by molar-refractivity contribution is 7.18. The summed E-state index contributed by atoms with van der Waals surface area (Å²) < 4.78 is 1.22. The number of fused-ring (bicyclic) bond motifs is 2. The molecular formula is C21H22N4S2. The van der Waals surface area contributed by atoms with Crippen molar-refractivity contribution in [2.45, 2.75) is 31.7 Å². The number of likely N-dealkylation sites (N-methyl/N-ethyl adjacent to an activating group) is 1. The first-order valence-electron chi connectivity index (χ1n) is 9.38. The summed E-state index contributed by atoms with van der Waals surface area (Å²) >= 11 is 3.52. The van der Waals surface area contributed by atoms with E-state index in [2.05, 4.69) is 64.5 Å². The van der Waals surface area contributed by atoms with Gasteiger partial charge in [-0.25, -0.2) is 9.97 Å². The van der Waals surface area contributed by atoms with Crippen molar-refractivity contribution in [3.8, 4) is 0 Å². The zero-order valence-electron chi connectivity index (χ0n) is 15.5. The van der Waals surface area contributed by atoms with Gasteiger partial charge in [-0.05, 0) is 63.7 Å². The third-order valence-electron chi connectivity index (χ3n) is 5.73. The maximum absolute atomic E-state index is 4.64. The van der Waals surface area contributed by atoms with Crippen LogP contribution in [0.25, 0.3) is 20.4 Å². The minimum Gasteiger partial charge on any atom is -0.355 e. The van der Waals surface area contributed by atoms with E-state index >= 15 is 0 Å². The summed E-state index contributed by atoms with van der Waals surface area (Å²) in [4.78, 5) is 14.1. The van der Waals surface area contributed by atoms with Crippen LogP contribution in [0.4, 0.5) is 11.4 Å². The van der Waals surface area contributed by atoms with Gasteiger partial charge in [0.25, 0.3) is 0 Å². The van der Waals surface area contributed by atoms with Crippen LogP contribution in [0.3, 0.4) is 0 Å². The lowest BCUT2D eigenvalue weighted by Crippen LogP contribution is -2.38. The number of likely N-dealkylation sites (tertiary alicyclic amines) is 1. The number of nitrogens with zero attached hydrogens (tertiary/aromatic N) is 3. The molecule has 138 valence electrons. The van der Waals surface area contributed by atoms with E-state index in [1.165, 1.54) is 34.3 Å². The molecule has 6 heteroatoms. The Balaban J connectivity index is 1.50. The van der Waals surface area contributed by atoms with Crippen LogP contribution in [0.15, 0.2) is 42.0 Å². The molecule has 2 atom stereocenters. The summed E-state index contributed by atoms with van der Waals surface area (Å²) in [7, 11) is 2.24. The molecule has 1 aliphatic rings. The second-order valence-electron chi connectivity index (χ2n) is 7.36. The normalized spacial score (nSPS) is 21.1. The fraction of sp³-hybridized carbons (Fsp3) is 0.333. The van der Waals surface area contributed by atoms with Crippen molar-refractivity contribution in [2.75, 3.05) is 18.9 Å². The van der Waals surface area contributed by atoms with Crippen molar-refractivity contribution < 1.29 is 0 Å². The van der Waals surface area contributed by atoms with Crippen molar-refractivity contribution in [2.24, 2.45) is 0 Å². The van der Waals surface area contributed by atoms with Gasteiger partial charge in [-0.1, -0.05) is 0 Å². The molecule has 4 heterocycles. The number of rotatable bonds is 3. The highest BCUT2D eigenvalue weighted by Gasteiger charge is 2.28. The number of pyridine rings is 1. The fourth-order valence-corrected chi connectivity index (χ4v) is 5.95. The van der Waals surface area contributed by atoms with Crippen molar-refractivity contribution >= 4 is 54.5 Å². The van der Waals surface area contributed by atoms with Crippen LogP contribution < -0.4 is 5.32 Å².